The zero-order valence-corrected chi connectivity index (χ0v) is 22.8. The molecule has 1 aliphatic rings. The molecule has 0 saturated carbocycles. The number of fused-ring (bicyclic) bond motifs is 1. The molecule has 0 aliphatic carbocycles. The molecule has 3 rings (SSSR count). The minimum Gasteiger partial charge on any atom is -0.508 e. The van der Waals surface area contributed by atoms with Gasteiger partial charge in [0.05, 0.1) is 12.5 Å². The van der Waals surface area contributed by atoms with Crippen molar-refractivity contribution in [1.82, 2.24) is 0 Å². The van der Waals surface area contributed by atoms with Crippen molar-refractivity contribution in [1.29, 1.82) is 0 Å². The van der Waals surface area contributed by atoms with Gasteiger partial charge in [0.15, 0.2) is 0 Å². The van der Waals surface area contributed by atoms with Gasteiger partial charge < -0.3 is 20.1 Å². The lowest BCUT2D eigenvalue weighted by molar-refractivity contribution is -0.142. The summed E-state index contributed by atoms with van der Waals surface area (Å²) < 4.78 is 6.12. The average molecular weight is 511 g/mol. The molecule has 2 aromatic carbocycles. The summed E-state index contributed by atoms with van der Waals surface area (Å²) in [4.78, 5) is 11.5. The minimum atomic E-state index is -0.625. The number of benzene rings is 2. The number of carboxylic acids is 1. The molecule has 204 valence electrons. The van der Waals surface area contributed by atoms with Crippen LogP contribution in [0.25, 0.3) is 0 Å². The predicted molar refractivity (Wildman–Crippen MR) is 149 cm³/mol. The van der Waals surface area contributed by atoms with Crippen LogP contribution in [-0.4, -0.2) is 27.9 Å². The van der Waals surface area contributed by atoms with Crippen molar-refractivity contribution < 1.29 is 24.9 Å². The lowest BCUT2D eigenvalue weighted by Crippen LogP contribution is -2.40. The van der Waals surface area contributed by atoms with Crippen molar-refractivity contribution in [3.8, 4) is 17.2 Å². The van der Waals surface area contributed by atoms with Gasteiger partial charge in [-0.3, -0.25) is 4.79 Å². The van der Waals surface area contributed by atoms with E-state index in [1.165, 1.54) is 25.7 Å². The molecular weight excluding hydrogens is 464 g/mol. The lowest BCUT2D eigenvalue weighted by Gasteiger charge is -2.43. The Morgan fingerprint density at radius 2 is 1.49 bits per heavy atom. The molecule has 0 bridgehead atoms. The Hall–Kier alpha value is -2.69. The fraction of sp³-hybridized carbons (Fsp3) is 0.594. The second kappa shape index (κ2) is 14.3. The molecule has 5 nitrogen and oxygen atoms in total. The highest BCUT2D eigenvalue weighted by Crippen LogP contribution is 2.49. The van der Waals surface area contributed by atoms with E-state index in [2.05, 4.69) is 13.8 Å². The third kappa shape index (κ3) is 8.15. The molecule has 0 saturated heterocycles. The molecule has 1 aliphatic heterocycles. The smallest absolute Gasteiger partial charge is 0.306 e. The molecule has 2 aromatic rings. The highest BCUT2D eigenvalue weighted by molar-refractivity contribution is 5.69. The summed E-state index contributed by atoms with van der Waals surface area (Å²) in [6.45, 7) is 4.93. The van der Waals surface area contributed by atoms with Crippen LogP contribution in [0.4, 0.5) is 0 Å². The van der Waals surface area contributed by atoms with Gasteiger partial charge in [-0.2, -0.15) is 0 Å². The molecule has 1 heterocycles. The molecule has 5 heteroatoms. The number of carboxylic acid groups (broad SMARTS) is 1. The molecule has 0 fully saturated rings. The van der Waals surface area contributed by atoms with Crippen LogP contribution in [0.15, 0.2) is 42.5 Å². The molecule has 0 radical (unpaired) electrons. The van der Waals surface area contributed by atoms with Crippen LogP contribution in [0.2, 0.25) is 0 Å². The van der Waals surface area contributed by atoms with Crippen molar-refractivity contribution in [2.45, 2.75) is 109 Å². The SMILES string of the molecule is CCCCCC(CCCCCCCCC[C@@H]1c2ccc(O)cc2OC[C@]1(C)c1ccc(O)cc1)C(=O)O. The van der Waals surface area contributed by atoms with E-state index in [0.29, 0.717) is 6.61 Å². The van der Waals surface area contributed by atoms with Crippen LogP contribution in [-0.2, 0) is 10.2 Å². The first kappa shape index (κ1) is 28.9. The van der Waals surface area contributed by atoms with Crippen molar-refractivity contribution in [3.63, 3.8) is 0 Å². The second-order valence-electron chi connectivity index (χ2n) is 11.1. The second-order valence-corrected chi connectivity index (χ2v) is 11.1. The maximum Gasteiger partial charge on any atom is 0.306 e. The maximum atomic E-state index is 11.5. The first-order valence-electron chi connectivity index (χ1n) is 14.3. The molecule has 0 aromatic heterocycles. The van der Waals surface area contributed by atoms with Gasteiger partial charge in [-0.1, -0.05) is 96.3 Å². The Balaban J connectivity index is 1.46. The quantitative estimate of drug-likeness (QED) is 0.198. The van der Waals surface area contributed by atoms with Crippen LogP contribution in [0.3, 0.4) is 0 Å². The third-order valence-corrected chi connectivity index (χ3v) is 8.25. The van der Waals surface area contributed by atoms with Crippen LogP contribution >= 0.6 is 0 Å². The standard InChI is InChI=1S/C32H46O5/c1-3-4-10-13-24(31(35)36)14-11-8-6-5-7-9-12-15-29-28-21-20-27(34)22-30(28)37-23-32(29,2)25-16-18-26(33)19-17-25/h16-22,24,29,33-34H,3-15,23H2,1-2H3,(H,35,36)/t24?,29-,32-/m1/s1. The predicted octanol–water partition coefficient (Wildman–Crippen LogP) is 8.32. The van der Waals surface area contributed by atoms with Crippen molar-refractivity contribution in [3.05, 3.63) is 53.6 Å². The van der Waals surface area contributed by atoms with Gasteiger partial charge >= 0.3 is 5.97 Å². The summed E-state index contributed by atoms with van der Waals surface area (Å²) in [6, 6.07) is 12.9. The van der Waals surface area contributed by atoms with Gasteiger partial charge in [0, 0.05) is 17.4 Å². The monoisotopic (exact) mass is 510 g/mol. The van der Waals surface area contributed by atoms with Gasteiger partial charge in [-0.25, -0.2) is 0 Å². The van der Waals surface area contributed by atoms with Crippen molar-refractivity contribution in [2.75, 3.05) is 6.61 Å². The first-order valence-corrected chi connectivity index (χ1v) is 14.3. The largest absolute Gasteiger partial charge is 0.508 e. The number of phenolic OH excluding ortho intramolecular Hbond substituents is 2. The Labute approximate surface area is 222 Å². The Kier molecular flexibility index (Phi) is 11.2. The van der Waals surface area contributed by atoms with E-state index in [-0.39, 0.29) is 28.7 Å². The Bertz CT molecular complexity index is 970. The van der Waals surface area contributed by atoms with Crippen molar-refractivity contribution >= 4 is 5.97 Å². The van der Waals surface area contributed by atoms with Gasteiger partial charge in [-0.15, -0.1) is 0 Å². The fourth-order valence-corrected chi connectivity index (χ4v) is 5.86. The lowest BCUT2D eigenvalue weighted by atomic mass is 9.66. The summed E-state index contributed by atoms with van der Waals surface area (Å²) in [5.74, 6) is 0.735. The third-order valence-electron chi connectivity index (χ3n) is 8.25. The molecule has 0 spiro atoms. The minimum absolute atomic E-state index is 0.168. The van der Waals surface area contributed by atoms with E-state index < -0.39 is 5.97 Å². The van der Waals surface area contributed by atoms with E-state index in [0.717, 1.165) is 74.7 Å². The topological polar surface area (TPSA) is 87.0 Å². The highest BCUT2D eigenvalue weighted by atomic mass is 16.5. The number of ether oxygens (including phenoxy) is 1. The van der Waals surface area contributed by atoms with E-state index >= 15 is 0 Å². The summed E-state index contributed by atoms with van der Waals surface area (Å²) >= 11 is 0. The number of hydrogen-bond donors (Lipinski definition) is 3. The summed E-state index contributed by atoms with van der Waals surface area (Å²) in [6.07, 6.45) is 13.9. The van der Waals surface area contributed by atoms with Gasteiger partial charge in [0.25, 0.3) is 0 Å². The highest BCUT2D eigenvalue weighted by Gasteiger charge is 2.42. The average Bonchev–Trinajstić information content (AvgIpc) is 2.88. The Morgan fingerprint density at radius 1 is 0.892 bits per heavy atom. The van der Waals surface area contributed by atoms with Gasteiger partial charge in [0.1, 0.15) is 17.2 Å². The van der Waals surface area contributed by atoms with Gasteiger partial charge in [-0.05, 0) is 48.6 Å². The number of hydrogen-bond acceptors (Lipinski definition) is 4. The number of rotatable bonds is 16. The van der Waals surface area contributed by atoms with E-state index in [1.54, 1.807) is 24.3 Å². The summed E-state index contributed by atoms with van der Waals surface area (Å²) in [7, 11) is 0. The van der Waals surface area contributed by atoms with Crippen molar-refractivity contribution in [2.24, 2.45) is 5.92 Å². The fourth-order valence-electron chi connectivity index (χ4n) is 5.86. The number of aromatic hydroxyl groups is 2. The zero-order chi connectivity index (χ0) is 26.7. The zero-order valence-electron chi connectivity index (χ0n) is 22.8. The molecule has 3 N–H and O–H groups in total. The molecule has 0 amide bonds. The molecular formula is C32H46O5. The normalized spacial score (nSPS) is 19.7. The van der Waals surface area contributed by atoms with Crippen LogP contribution in [0.5, 0.6) is 17.2 Å². The van der Waals surface area contributed by atoms with E-state index in [1.807, 2.05) is 18.2 Å². The number of carbonyl (C=O) groups is 1. The summed E-state index contributed by atoms with van der Waals surface area (Å²) in [5.41, 5.74) is 2.09. The molecule has 3 atom stereocenters. The summed E-state index contributed by atoms with van der Waals surface area (Å²) in [5, 5.41) is 29.2. The number of phenols is 2. The first-order chi connectivity index (χ1) is 17.8. The number of unbranched alkanes of at least 4 members (excludes halogenated alkanes) is 8. The van der Waals surface area contributed by atoms with E-state index in [4.69, 9.17) is 4.74 Å². The van der Waals surface area contributed by atoms with Crippen LogP contribution < -0.4 is 4.74 Å². The molecule has 1 unspecified atom stereocenters. The molecule has 37 heavy (non-hydrogen) atoms. The number of aliphatic carboxylic acids is 1. The maximum absolute atomic E-state index is 11.5. The van der Waals surface area contributed by atoms with Crippen LogP contribution in [0, 0.1) is 5.92 Å². The van der Waals surface area contributed by atoms with Gasteiger partial charge in [0.2, 0.25) is 0 Å². The Morgan fingerprint density at radius 3 is 2.14 bits per heavy atom. The van der Waals surface area contributed by atoms with Crippen LogP contribution in [0.1, 0.15) is 114 Å². The van der Waals surface area contributed by atoms with E-state index in [9.17, 15) is 20.1 Å².